The Bertz CT molecular complexity index is 332. The highest BCUT2D eigenvalue weighted by atomic mass is 32.1. The van der Waals surface area contributed by atoms with Crippen molar-refractivity contribution < 1.29 is 0 Å². The molecule has 0 fully saturated rings. The number of nitrogens with zero attached hydrogens (tertiary/aromatic N) is 1. The lowest BCUT2D eigenvalue weighted by Crippen LogP contribution is -2.43. The first kappa shape index (κ1) is 12.1. The van der Waals surface area contributed by atoms with Crippen molar-refractivity contribution in [2.24, 2.45) is 11.7 Å². The van der Waals surface area contributed by atoms with Crippen molar-refractivity contribution >= 4 is 11.3 Å². The molecule has 0 aromatic carbocycles. The summed E-state index contributed by atoms with van der Waals surface area (Å²) < 4.78 is 0. The second-order valence-electron chi connectivity index (χ2n) is 5.11. The number of thiophene rings is 1. The summed E-state index contributed by atoms with van der Waals surface area (Å²) in [7, 11) is 0. The maximum Gasteiger partial charge on any atom is 0.0248 e. The third kappa shape index (κ3) is 2.65. The quantitative estimate of drug-likeness (QED) is 0.873. The third-order valence-corrected chi connectivity index (χ3v) is 4.39. The fourth-order valence-electron chi connectivity index (χ4n) is 2.52. The molecule has 0 saturated carbocycles. The van der Waals surface area contributed by atoms with Crippen LogP contribution in [0, 0.1) is 5.92 Å². The average Bonchev–Trinajstić information content (AvgIpc) is 2.72. The van der Waals surface area contributed by atoms with Gasteiger partial charge in [-0.15, -0.1) is 11.3 Å². The summed E-state index contributed by atoms with van der Waals surface area (Å²) >= 11 is 1.90. The molecule has 0 bridgehead atoms. The van der Waals surface area contributed by atoms with Crippen LogP contribution >= 0.6 is 11.3 Å². The minimum Gasteiger partial charge on any atom is -0.329 e. The van der Waals surface area contributed by atoms with Gasteiger partial charge >= 0.3 is 0 Å². The smallest absolute Gasteiger partial charge is 0.0248 e. The molecule has 0 amide bonds. The van der Waals surface area contributed by atoms with Gasteiger partial charge in [0.1, 0.15) is 0 Å². The van der Waals surface area contributed by atoms with Gasteiger partial charge in [-0.1, -0.05) is 13.8 Å². The summed E-state index contributed by atoms with van der Waals surface area (Å²) in [6, 6.07) is 2.84. The van der Waals surface area contributed by atoms with Crippen LogP contribution in [0.4, 0.5) is 0 Å². The third-order valence-electron chi connectivity index (χ3n) is 3.37. The van der Waals surface area contributed by atoms with Gasteiger partial charge in [0.15, 0.2) is 0 Å². The van der Waals surface area contributed by atoms with E-state index in [0.717, 1.165) is 19.0 Å². The molecule has 1 unspecified atom stereocenters. The van der Waals surface area contributed by atoms with Gasteiger partial charge in [-0.3, -0.25) is 4.90 Å². The second-order valence-corrected chi connectivity index (χ2v) is 6.11. The van der Waals surface area contributed by atoms with E-state index in [1.807, 2.05) is 11.3 Å². The Morgan fingerprint density at radius 3 is 3.00 bits per heavy atom. The molecule has 90 valence electrons. The van der Waals surface area contributed by atoms with Crippen LogP contribution in [0.2, 0.25) is 0 Å². The predicted octanol–water partition coefficient (Wildman–Crippen LogP) is 2.48. The molecule has 0 radical (unpaired) electrons. The van der Waals surface area contributed by atoms with E-state index >= 15 is 0 Å². The lowest BCUT2D eigenvalue weighted by atomic mass is 9.99. The Labute approximate surface area is 102 Å². The van der Waals surface area contributed by atoms with Crippen molar-refractivity contribution in [1.82, 2.24) is 4.90 Å². The molecule has 1 aliphatic heterocycles. The Kier molecular flexibility index (Phi) is 4.00. The molecule has 0 saturated heterocycles. The van der Waals surface area contributed by atoms with Crippen LogP contribution in [0.25, 0.3) is 0 Å². The summed E-state index contributed by atoms with van der Waals surface area (Å²) in [5, 5.41) is 2.22. The van der Waals surface area contributed by atoms with Gasteiger partial charge < -0.3 is 5.73 Å². The normalized spacial score (nSPS) is 18.8. The predicted molar refractivity (Wildman–Crippen MR) is 70.7 cm³/mol. The van der Waals surface area contributed by atoms with Crippen molar-refractivity contribution in [1.29, 1.82) is 0 Å². The topological polar surface area (TPSA) is 29.3 Å². The molecule has 0 aliphatic carbocycles. The van der Waals surface area contributed by atoms with Crippen molar-refractivity contribution in [3.63, 3.8) is 0 Å². The number of hydrogen-bond donors (Lipinski definition) is 1. The van der Waals surface area contributed by atoms with E-state index < -0.39 is 0 Å². The second kappa shape index (κ2) is 5.30. The average molecular weight is 238 g/mol. The molecular weight excluding hydrogens is 216 g/mol. The summed E-state index contributed by atoms with van der Waals surface area (Å²) in [5.41, 5.74) is 7.43. The van der Waals surface area contributed by atoms with E-state index in [9.17, 15) is 0 Å². The lowest BCUT2D eigenvalue weighted by Gasteiger charge is -2.34. The number of hydrogen-bond acceptors (Lipinski definition) is 3. The van der Waals surface area contributed by atoms with Gasteiger partial charge in [0.2, 0.25) is 0 Å². The van der Waals surface area contributed by atoms with Crippen molar-refractivity contribution in [3.8, 4) is 0 Å². The minimum absolute atomic E-state index is 0.563. The van der Waals surface area contributed by atoms with E-state index in [1.165, 1.54) is 24.9 Å². The van der Waals surface area contributed by atoms with Crippen molar-refractivity contribution in [3.05, 3.63) is 21.9 Å². The molecule has 3 heteroatoms. The maximum absolute atomic E-state index is 5.91. The standard InChI is InChI=1S/C13H22N2S/c1-10(2)7-12(8-14)15-5-3-13-11(9-15)4-6-16-13/h4,6,10,12H,3,5,7-9,14H2,1-2H3. The summed E-state index contributed by atoms with van der Waals surface area (Å²) in [4.78, 5) is 4.14. The van der Waals surface area contributed by atoms with Gasteiger partial charge in [0.25, 0.3) is 0 Å². The largest absolute Gasteiger partial charge is 0.329 e. The Balaban J connectivity index is 2.01. The molecule has 1 aromatic heterocycles. The highest BCUT2D eigenvalue weighted by Crippen LogP contribution is 2.26. The zero-order valence-electron chi connectivity index (χ0n) is 10.3. The number of rotatable bonds is 4. The van der Waals surface area contributed by atoms with E-state index in [2.05, 4.69) is 30.2 Å². The first-order chi connectivity index (χ1) is 7.70. The first-order valence-electron chi connectivity index (χ1n) is 6.20. The van der Waals surface area contributed by atoms with Crippen LogP contribution in [0.15, 0.2) is 11.4 Å². The Morgan fingerprint density at radius 2 is 2.31 bits per heavy atom. The fraction of sp³-hybridized carbons (Fsp3) is 0.692. The molecule has 2 N–H and O–H groups in total. The highest BCUT2D eigenvalue weighted by molar-refractivity contribution is 7.10. The maximum atomic E-state index is 5.91. The molecular formula is C13H22N2S. The molecule has 1 atom stereocenters. The number of fused-ring (bicyclic) bond motifs is 1. The SMILES string of the molecule is CC(C)CC(CN)N1CCc2sccc2C1. The summed E-state index contributed by atoms with van der Waals surface area (Å²) in [6.45, 7) is 7.64. The molecule has 1 aliphatic rings. The van der Waals surface area contributed by atoms with Gasteiger partial charge in [-0.2, -0.15) is 0 Å². The van der Waals surface area contributed by atoms with Gasteiger partial charge in [0.05, 0.1) is 0 Å². The molecule has 2 heterocycles. The van der Waals surface area contributed by atoms with Gasteiger partial charge in [-0.25, -0.2) is 0 Å². The molecule has 1 aromatic rings. The van der Waals surface area contributed by atoms with E-state index in [4.69, 9.17) is 5.73 Å². The Hall–Kier alpha value is -0.380. The zero-order chi connectivity index (χ0) is 11.5. The first-order valence-corrected chi connectivity index (χ1v) is 7.08. The molecule has 16 heavy (non-hydrogen) atoms. The van der Waals surface area contributed by atoms with E-state index in [1.54, 1.807) is 4.88 Å². The monoisotopic (exact) mass is 238 g/mol. The summed E-state index contributed by atoms with van der Waals surface area (Å²) in [6.07, 6.45) is 2.43. The Morgan fingerprint density at radius 1 is 1.50 bits per heavy atom. The summed E-state index contributed by atoms with van der Waals surface area (Å²) in [5.74, 6) is 0.734. The van der Waals surface area contributed by atoms with Crippen molar-refractivity contribution in [2.75, 3.05) is 13.1 Å². The van der Waals surface area contributed by atoms with Crippen LogP contribution in [0.1, 0.15) is 30.7 Å². The minimum atomic E-state index is 0.563. The van der Waals surface area contributed by atoms with Gasteiger partial charge in [0, 0.05) is 30.6 Å². The highest BCUT2D eigenvalue weighted by Gasteiger charge is 2.23. The van der Waals surface area contributed by atoms with E-state index in [-0.39, 0.29) is 0 Å². The molecule has 0 spiro atoms. The molecule has 2 nitrogen and oxygen atoms in total. The van der Waals surface area contributed by atoms with Crippen LogP contribution in [0.5, 0.6) is 0 Å². The van der Waals surface area contributed by atoms with Crippen LogP contribution in [-0.2, 0) is 13.0 Å². The van der Waals surface area contributed by atoms with E-state index in [0.29, 0.717) is 6.04 Å². The molecule has 2 rings (SSSR count). The van der Waals surface area contributed by atoms with Crippen molar-refractivity contribution in [2.45, 2.75) is 39.3 Å². The fourth-order valence-corrected chi connectivity index (χ4v) is 3.41. The lowest BCUT2D eigenvalue weighted by molar-refractivity contribution is 0.163. The van der Waals surface area contributed by atoms with Crippen LogP contribution in [0.3, 0.4) is 0 Å². The van der Waals surface area contributed by atoms with Crippen LogP contribution in [-0.4, -0.2) is 24.0 Å². The van der Waals surface area contributed by atoms with Gasteiger partial charge in [-0.05, 0) is 35.8 Å². The number of nitrogens with two attached hydrogens (primary N) is 1. The van der Waals surface area contributed by atoms with Crippen LogP contribution < -0.4 is 5.73 Å². The zero-order valence-corrected chi connectivity index (χ0v) is 11.1.